The second kappa shape index (κ2) is 8.22. The molecule has 0 aromatic carbocycles. The van der Waals surface area contributed by atoms with Crippen LogP contribution in [0.5, 0.6) is 0 Å². The molecular formula is C27H46N2O2. The van der Waals surface area contributed by atoms with Crippen molar-refractivity contribution in [1.82, 2.24) is 10.6 Å². The first kappa shape index (κ1) is 22.0. The van der Waals surface area contributed by atoms with Crippen molar-refractivity contribution >= 4 is 6.03 Å². The number of urea groups is 1. The van der Waals surface area contributed by atoms with Gasteiger partial charge < -0.3 is 15.7 Å². The minimum Gasteiger partial charge on any atom is -0.387 e. The number of nitrogens with one attached hydrogen (secondary N) is 2. The summed E-state index contributed by atoms with van der Waals surface area (Å²) in [5.41, 5.74) is -0.262. The van der Waals surface area contributed by atoms with E-state index in [4.69, 9.17) is 0 Å². The molecule has 5 aliphatic carbocycles. The van der Waals surface area contributed by atoms with Crippen LogP contribution in [0, 0.1) is 34.5 Å². The number of amides is 2. The van der Waals surface area contributed by atoms with Gasteiger partial charge in [0.1, 0.15) is 0 Å². The van der Waals surface area contributed by atoms with Gasteiger partial charge in [-0.3, -0.25) is 0 Å². The van der Waals surface area contributed by atoms with Gasteiger partial charge in [0.25, 0.3) is 0 Å². The van der Waals surface area contributed by atoms with Gasteiger partial charge in [-0.2, -0.15) is 0 Å². The average Bonchev–Trinajstić information content (AvgIpc) is 3.04. The standard InChI is InChI=1S/C27H46N2O2/c1-25-15-7-6-8-19(25)11-12-21-22(25)13-16-26(2)23(21)14-17-27(26,31)18-28-24(30)29-20-9-4-3-5-10-20/h19-23,31H,3-18H2,1-2H3,(H2,28,29,30)/t19?,21?,22?,23?,25-,26-,27+/m1/s1. The van der Waals surface area contributed by atoms with E-state index in [1.807, 2.05) is 0 Å². The molecule has 4 heteroatoms. The summed E-state index contributed by atoms with van der Waals surface area (Å²) in [5, 5.41) is 18.1. The van der Waals surface area contributed by atoms with Gasteiger partial charge in [0.05, 0.1) is 5.60 Å². The van der Waals surface area contributed by atoms with Crippen LogP contribution >= 0.6 is 0 Å². The average molecular weight is 431 g/mol. The summed E-state index contributed by atoms with van der Waals surface area (Å²) in [6.45, 7) is 5.39. The zero-order valence-electron chi connectivity index (χ0n) is 20.1. The Morgan fingerprint density at radius 2 is 1.58 bits per heavy atom. The Balaban J connectivity index is 1.25. The van der Waals surface area contributed by atoms with Crippen molar-refractivity contribution in [1.29, 1.82) is 0 Å². The van der Waals surface area contributed by atoms with Crippen LogP contribution in [0.4, 0.5) is 4.79 Å². The molecule has 0 aliphatic heterocycles. The lowest BCUT2D eigenvalue weighted by molar-refractivity contribution is -0.149. The first-order valence-corrected chi connectivity index (χ1v) is 13.6. The van der Waals surface area contributed by atoms with Crippen LogP contribution in [0.25, 0.3) is 0 Å². The summed E-state index contributed by atoms with van der Waals surface area (Å²) in [6.07, 6.45) is 18.8. The first-order chi connectivity index (χ1) is 14.9. The Bertz CT molecular complexity index is 676. The van der Waals surface area contributed by atoms with Gasteiger partial charge >= 0.3 is 6.03 Å². The summed E-state index contributed by atoms with van der Waals surface area (Å²) < 4.78 is 0. The van der Waals surface area contributed by atoms with Crippen molar-refractivity contribution in [3.8, 4) is 0 Å². The molecule has 0 saturated heterocycles. The summed E-state index contributed by atoms with van der Waals surface area (Å²) in [5.74, 6) is 3.20. The van der Waals surface area contributed by atoms with Crippen molar-refractivity contribution in [3.05, 3.63) is 0 Å². The molecule has 0 spiro atoms. The van der Waals surface area contributed by atoms with Gasteiger partial charge in [0.15, 0.2) is 0 Å². The predicted octanol–water partition coefficient (Wildman–Crippen LogP) is 5.78. The SMILES string of the molecule is C[C@@]12CCCCC1CCC1C2CC[C@]2(C)C1CC[C@]2(O)CNC(=O)NC1CCCCC1. The molecule has 7 atom stereocenters. The summed E-state index contributed by atoms with van der Waals surface area (Å²) in [7, 11) is 0. The molecule has 0 heterocycles. The lowest BCUT2D eigenvalue weighted by Crippen LogP contribution is -2.59. The van der Waals surface area contributed by atoms with E-state index in [-0.39, 0.29) is 11.4 Å². The highest BCUT2D eigenvalue weighted by molar-refractivity contribution is 5.74. The number of carbonyl (C=O) groups is 1. The molecule has 0 aromatic rings. The van der Waals surface area contributed by atoms with E-state index < -0.39 is 5.60 Å². The van der Waals surface area contributed by atoms with Gasteiger partial charge in [-0.1, -0.05) is 46.0 Å². The van der Waals surface area contributed by atoms with E-state index in [0.717, 1.165) is 49.9 Å². The fraction of sp³-hybridized carbons (Fsp3) is 0.963. The van der Waals surface area contributed by atoms with Gasteiger partial charge in [0, 0.05) is 18.0 Å². The van der Waals surface area contributed by atoms with Gasteiger partial charge in [-0.25, -0.2) is 4.79 Å². The third kappa shape index (κ3) is 3.63. The molecule has 5 rings (SSSR count). The Labute approximate surface area is 189 Å². The molecule has 31 heavy (non-hydrogen) atoms. The second-order valence-electron chi connectivity index (χ2n) is 12.6. The second-order valence-corrected chi connectivity index (χ2v) is 12.6. The van der Waals surface area contributed by atoms with Crippen molar-refractivity contribution in [3.63, 3.8) is 0 Å². The van der Waals surface area contributed by atoms with Gasteiger partial charge in [0.2, 0.25) is 0 Å². The van der Waals surface area contributed by atoms with Crippen molar-refractivity contribution < 1.29 is 9.90 Å². The molecule has 3 N–H and O–H groups in total. The van der Waals surface area contributed by atoms with Crippen molar-refractivity contribution in [2.75, 3.05) is 6.54 Å². The Kier molecular flexibility index (Phi) is 5.85. The van der Waals surface area contributed by atoms with Gasteiger partial charge in [-0.15, -0.1) is 0 Å². The van der Waals surface area contributed by atoms with Crippen LogP contribution in [0.2, 0.25) is 0 Å². The molecule has 0 bridgehead atoms. The molecule has 4 unspecified atom stereocenters. The highest BCUT2D eigenvalue weighted by atomic mass is 16.3. The van der Waals surface area contributed by atoms with E-state index in [0.29, 0.717) is 23.9 Å². The monoisotopic (exact) mass is 430 g/mol. The van der Waals surface area contributed by atoms with Gasteiger partial charge in [-0.05, 0) is 93.3 Å². The smallest absolute Gasteiger partial charge is 0.315 e. The fourth-order valence-electron chi connectivity index (χ4n) is 9.41. The molecule has 5 aliphatic rings. The maximum Gasteiger partial charge on any atom is 0.315 e. The van der Waals surface area contributed by atoms with Crippen LogP contribution < -0.4 is 10.6 Å². The molecule has 176 valence electrons. The normalized spacial score (nSPS) is 47.7. The number of rotatable bonds is 3. The minimum atomic E-state index is -0.753. The molecule has 5 saturated carbocycles. The summed E-state index contributed by atoms with van der Waals surface area (Å²) in [4.78, 5) is 12.6. The van der Waals surface area contributed by atoms with E-state index in [9.17, 15) is 9.90 Å². The number of carbonyl (C=O) groups excluding carboxylic acids is 1. The van der Waals surface area contributed by atoms with Crippen LogP contribution in [0.15, 0.2) is 0 Å². The van der Waals surface area contributed by atoms with Crippen molar-refractivity contribution in [2.24, 2.45) is 34.5 Å². The third-order valence-corrected chi connectivity index (χ3v) is 11.4. The molecular weight excluding hydrogens is 384 g/mol. The topological polar surface area (TPSA) is 61.4 Å². The van der Waals surface area contributed by atoms with E-state index >= 15 is 0 Å². The molecule has 2 amide bonds. The zero-order valence-corrected chi connectivity index (χ0v) is 20.1. The fourth-order valence-corrected chi connectivity index (χ4v) is 9.41. The molecule has 5 fully saturated rings. The highest BCUT2D eigenvalue weighted by Gasteiger charge is 2.64. The number of fused-ring (bicyclic) bond motifs is 5. The third-order valence-electron chi connectivity index (χ3n) is 11.4. The van der Waals surface area contributed by atoms with E-state index in [1.54, 1.807) is 0 Å². The Morgan fingerprint density at radius 3 is 2.39 bits per heavy atom. The summed E-state index contributed by atoms with van der Waals surface area (Å²) >= 11 is 0. The predicted molar refractivity (Wildman–Crippen MR) is 125 cm³/mol. The lowest BCUT2D eigenvalue weighted by Gasteiger charge is -2.61. The molecule has 0 aromatic heterocycles. The van der Waals surface area contributed by atoms with Crippen LogP contribution in [0.1, 0.15) is 110 Å². The number of hydrogen-bond donors (Lipinski definition) is 3. The quantitative estimate of drug-likeness (QED) is 0.531. The minimum absolute atomic E-state index is 0.0514. The maximum atomic E-state index is 12.6. The largest absolute Gasteiger partial charge is 0.387 e. The van der Waals surface area contributed by atoms with Crippen LogP contribution in [-0.4, -0.2) is 29.3 Å². The highest BCUT2D eigenvalue weighted by Crippen LogP contribution is 2.68. The molecule has 4 nitrogen and oxygen atoms in total. The number of aliphatic hydroxyl groups is 1. The van der Waals surface area contributed by atoms with E-state index in [1.165, 1.54) is 64.2 Å². The van der Waals surface area contributed by atoms with E-state index in [2.05, 4.69) is 24.5 Å². The van der Waals surface area contributed by atoms with Crippen LogP contribution in [-0.2, 0) is 0 Å². The molecule has 0 radical (unpaired) electrons. The Morgan fingerprint density at radius 1 is 0.839 bits per heavy atom. The summed E-state index contributed by atoms with van der Waals surface area (Å²) in [6, 6.07) is 0.244. The number of hydrogen-bond acceptors (Lipinski definition) is 2. The zero-order chi connectivity index (χ0) is 21.7. The lowest BCUT2D eigenvalue weighted by atomic mass is 9.44. The van der Waals surface area contributed by atoms with Crippen molar-refractivity contribution in [2.45, 2.75) is 122 Å². The maximum absolute atomic E-state index is 12.6. The van der Waals surface area contributed by atoms with Crippen LogP contribution in [0.3, 0.4) is 0 Å². The first-order valence-electron chi connectivity index (χ1n) is 13.6. The Hall–Kier alpha value is -0.770.